The second-order valence-corrected chi connectivity index (χ2v) is 3.90. The van der Waals surface area contributed by atoms with Crippen molar-refractivity contribution in [2.24, 2.45) is 5.92 Å². The van der Waals surface area contributed by atoms with E-state index in [0.29, 0.717) is 11.1 Å². The summed E-state index contributed by atoms with van der Waals surface area (Å²) in [5, 5.41) is 0.611. The van der Waals surface area contributed by atoms with Gasteiger partial charge in [0.1, 0.15) is 5.15 Å². The molecular weight excluding hydrogens is 170 g/mol. The van der Waals surface area contributed by atoms with E-state index in [1.54, 1.807) is 0 Å². The van der Waals surface area contributed by atoms with Crippen LogP contribution in [0.5, 0.6) is 0 Å². The largest absolute Gasteiger partial charge is 0.241 e. The van der Waals surface area contributed by atoms with Crippen molar-refractivity contribution in [3.63, 3.8) is 0 Å². The Morgan fingerprint density at radius 2 is 2.25 bits per heavy atom. The number of hydrogen-bond acceptors (Lipinski definition) is 1. The highest BCUT2D eigenvalue weighted by Gasteiger charge is 2.29. The van der Waals surface area contributed by atoms with Gasteiger partial charge in [-0.15, -0.1) is 0 Å². The molecule has 2 heteroatoms. The number of aromatic nitrogens is 1. The second kappa shape index (κ2) is 3.06. The molecule has 0 saturated heterocycles. The minimum absolute atomic E-state index is 0.587. The predicted octanol–water partition coefficient (Wildman–Crippen LogP) is 3.25. The number of hydrogen-bond donors (Lipinski definition) is 0. The van der Waals surface area contributed by atoms with Crippen molar-refractivity contribution in [2.75, 3.05) is 0 Å². The summed E-state index contributed by atoms with van der Waals surface area (Å²) in [4.78, 5) is 4.30. The topological polar surface area (TPSA) is 12.9 Å². The first-order valence-corrected chi connectivity index (χ1v) is 4.77. The minimum atomic E-state index is 0.587. The molecule has 1 nitrogen and oxygen atoms in total. The first-order valence-electron chi connectivity index (χ1n) is 4.40. The Morgan fingerprint density at radius 3 is 2.83 bits per heavy atom. The van der Waals surface area contributed by atoms with Crippen LogP contribution in [0.15, 0.2) is 18.2 Å². The normalized spacial score (nSPS) is 19.2. The van der Waals surface area contributed by atoms with E-state index in [-0.39, 0.29) is 0 Å². The number of halogens is 1. The molecule has 0 bridgehead atoms. The number of pyridine rings is 1. The van der Waals surface area contributed by atoms with Crippen molar-refractivity contribution >= 4 is 11.6 Å². The van der Waals surface area contributed by atoms with Crippen LogP contribution in [0.25, 0.3) is 0 Å². The molecule has 1 aliphatic rings. The molecule has 1 aromatic rings. The summed E-state index contributed by atoms with van der Waals surface area (Å²) in [5.41, 5.74) is 1.14. The van der Waals surface area contributed by atoms with Gasteiger partial charge in [0.25, 0.3) is 0 Å². The van der Waals surface area contributed by atoms with E-state index in [4.69, 9.17) is 11.6 Å². The van der Waals surface area contributed by atoms with Crippen LogP contribution in [0.3, 0.4) is 0 Å². The SMILES string of the molecule is CC(c1cccc(Cl)n1)C1CC1. The molecule has 0 radical (unpaired) electrons. The van der Waals surface area contributed by atoms with Gasteiger partial charge in [-0.1, -0.05) is 24.6 Å². The number of nitrogens with zero attached hydrogens (tertiary/aromatic N) is 1. The van der Waals surface area contributed by atoms with Crippen LogP contribution in [0.2, 0.25) is 5.15 Å². The zero-order valence-electron chi connectivity index (χ0n) is 7.13. The maximum absolute atomic E-state index is 5.80. The molecule has 1 atom stereocenters. The molecule has 0 amide bonds. The maximum Gasteiger partial charge on any atom is 0.129 e. The van der Waals surface area contributed by atoms with E-state index < -0.39 is 0 Å². The molecule has 0 aliphatic heterocycles. The fourth-order valence-corrected chi connectivity index (χ4v) is 1.69. The highest BCUT2D eigenvalue weighted by Crippen LogP contribution is 2.41. The van der Waals surface area contributed by atoms with Crippen LogP contribution in [-0.4, -0.2) is 4.98 Å². The van der Waals surface area contributed by atoms with Gasteiger partial charge < -0.3 is 0 Å². The van der Waals surface area contributed by atoms with Gasteiger partial charge in [-0.3, -0.25) is 0 Å². The van der Waals surface area contributed by atoms with E-state index in [2.05, 4.69) is 18.0 Å². The minimum Gasteiger partial charge on any atom is -0.241 e. The van der Waals surface area contributed by atoms with Crippen LogP contribution in [-0.2, 0) is 0 Å². The molecule has 0 N–H and O–H groups in total. The third-order valence-electron chi connectivity index (χ3n) is 2.53. The Morgan fingerprint density at radius 1 is 1.50 bits per heavy atom. The molecule has 0 aromatic carbocycles. The van der Waals surface area contributed by atoms with E-state index in [9.17, 15) is 0 Å². The van der Waals surface area contributed by atoms with Crippen LogP contribution >= 0.6 is 11.6 Å². The summed E-state index contributed by atoms with van der Waals surface area (Å²) in [6.45, 7) is 2.23. The molecule has 1 saturated carbocycles. The first-order chi connectivity index (χ1) is 5.77. The van der Waals surface area contributed by atoms with Gasteiger partial charge in [-0.2, -0.15) is 0 Å². The van der Waals surface area contributed by atoms with E-state index >= 15 is 0 Å². The lowest BCUT2D eigenvalue weighted by Gasteiger charge is -2.08. The van der Waals surface area contributed by atoms with Crippen molar-refractivity contribution in [1.82, 2.24) is 4.98 Å². The highest BCUT2D eigenvalue weighted by molar-refractivity contribution is 6.29. The second-order valence-electron chi connectivity index (χ2n) is 3.51. The molecule has 0 spiro atoms. The summed E-state index contributed by atoms with van der Waals surface area (Å²) in [7, 11) is 0. The Kier molecular flexibility index (Phi) is 2.05. The molecule has 2 rings (SSSR count). The molecule has 1 heterocycles. The van der Waals surface area contributed by atoms with Crippen molar-refractivity contribution in [3.05, 3.63) is 29.0 Å². The van der Waals surface area contributed by atoms with Crippen molar-refractivity contribution in [2.45, 2.75) is 25.7 Å². The van der Waals surface area contributed by atoms with Gasteiger partial charge in [0, 0.05) is 11.6 Å². The lowest BCUT2D eigenvalue weighted by Crippen LogP contribution is -1.98. The standard InChI is InChI=1S/C10H12ClN/c1-7(8-5-6-8)9-3-2-4-10(11)12-9/h2-4,7-8H,5-6H2,1H3. The summed E-state index contributed by atoms with van der Waals surface area (Å²) in [6.07, 6.45) is 2.71. The van der Waals surface area contributed by atoms with Gasteiger partial charge >= 0.3 is 0 Å². The summed E-state index contributed by atoms with van der Waals surface area (Å²) < 4.78 is 0. The Bertz CT molecular complexity index is 281. The molecule has 1 aliphatic carbocycles. The molecular formula is C10H12ClN. The van der Waals surface area contributed by atoms with Crippen LogP contribution < -0.4 is 0 Å². The van der Waals surface area contributed by atoms with Crippen LogP contribution in [0.1, 0.15) is 31.4 Å². The van der Waals surface area contributed by atoms with E-state index in [0.717, 1.165) is 11.6 Å². The summed E-state index contributed by atoms with van der Waals surface area (Å²) in [5.74, 6) is 1.44. The molecule has 1 unspecified atom stereocenters. The van der Waals surface area contributed by atoms with Gasteiger partial charge in [0.15, 0.2) is 0 Å². The van der Waals surface area contributed by atoms with E-state index in [1.165, 1.54) is 12.8 Å². The fraction of sp³-hybridized carbons (Fsp3) is 0.500. The van der Waals surface area contributed by atoms with Crippen LogP contribution in [0.4, 0.5) is 0 Å². The Labute approximate surface area is 77.8 Å². The Hall–Kier alpha value is -0.560. The summed E-state index contributed by atoms with van der Waals surface area (Å²) in [6, 6.07) is 5.86. The average Bonchev–Trinajstić information content (AvgIpc) is 2.85. The van der Waals surface area contributed by atoms with Gasteiger partial charge in [0.2, 0.25) is 0 Å². The smallest absolute Gasteiger partial charge is 0.129 e. The quantitative estimate of drug-likeness (QED) is 0.639. The maximum atomic E-state index is 5.80. The third-order valence-corrected chi connectivity index (χ3v) is 2.74. The number of rotatable bonds is 2. The fourth-order valence-electron chi connectivity index (χ4n) is 1.52. The van der Waals surface area contributed by atoms with Gasteiger partial charge in [-0.05, 0) is 30.9 Å². The Balaban J connectivity index is 2.20. The monoisotopic (exact) mass is 181 g/mol. The van der Waals surface area contributed by atoms with Crippen molar-refractivity contribution < 1.29 is 0 Å². The predicted molar refractivity (Wildman–Crippen MR) is 50.4 cm³/mol. The lowest BCUT2D eigenvalue weighted by atomic mass is 10.0. The lowest BCUT2D eigenvalue weighted by molar-refractivity contribution is 0.644. The molecule has 1 fully saturated rings. The third kappa shape index (κ3) is 1.61. The van der Waals surface area contributed by atoms with Gasteiger partial charge in [0.05, 0.1) is 0 Å². The molecule has 64 valence electrons. The van der Waals surface area contributed by atoms with Crippen molar-refractivity contribution in [1.29, 1.82) is 0 Å². The first kappa shape index (κ1) is 8.06. The molecule has 1 aromatic heterocycles. The van der Waals surface area contributed by atoms with Gasteiger partial charge in [-0.25, -0.2) is 4.98 Å². The van der Waals surface area contributed by atoms with Crippen molar-refractivity contribution in [3.8, 4) is 0 Å². The highest BCUT2D eigenvalue weighted by atomic mass is 35.5. The van der Waals surface area contributed by atoms with Crippen LogP contribution in [0, 0.1) is 5.92 Å². The van der Waals surface area contributed by atoms with E-state index in [1.807, 2.05) is 12.1 Å². The zero-order valence-corrected chi connectivity index (χ0v) is 7.88. The summed E-state index contributed by atoms with van der Waals surface area (Å²) >= 11 is 5.80. The molecule has 12 heavy (non-hydrogen) atoms. The average molecular weight is 182 g/mol. The zero-order chi connectivity index (χ0) is 8.55.